The van der Waals surface area contributed by atoms with Crippen molar-refractivity contribution in [1.82, 2.24) is 0 Å². The minimum Gasteiger partial charge on any atom is -0.393 e. The second-order valence-corrected chi connectivity index (χ2v) is 4.66. The van der Waals surface area contributed by atoms with Gasteiger partial charge in [0, 0.05) is 0 Å². The van der Waals surface area contributed by atoms with Crippen LogP contribution >= 0.6 is 0 Å². The zero-order valence-corrected chi connectivity index (χ0v) is 9.71. The van der Waals surface area contributed by atoms with Crippen molar-refractivity contribution in [1.29, 1.82) is 0 Å². The Morgan fingerprint density at radius 2 is 1.62 bits per heavy atom. The zero-order valence-electron chi connectivity index (χ0n) is 9.71. The van der Waals surface area contributed by atoms with Gasteiger partial charge >= 0.3 is 0 Å². The third-order valence-electron chi connectivity index (χ3n) is 2.68. The predicted molar refractivity (Wildman–Crippen MR) is 58.8 cm³/mol. The summed E-state index contributed by atoms with van der Waals surface area (Å²) in [5, 5.41) is 9.68. The molecule has 1 N–H and O–H groups in total. The fraction of sp³-hybridized carbons (Fsp3) is 1.00. The Hall–Kier alpha value is -0.0400. The molecule has 0 aliphatic rings. The molecular weight excluding hydrogens is 160 g/mol. The summed E-state index contributed by atoms with van der Waals surface area (Å²) < 4.78 is 0. The van der Waals surface area contributed by atoms with Crippen LogP contribution in [0.5, 0.6) is 0 Å². The maximum absolute atomic E-state index is 9.68. The van der Waals surface area contributed by atoms with Crippen molar-refractivity contribution >= 4 is 0 Å². The van der Waals surface area contributed by atoms with Gasteiger partial charge in [-0.15, -0.1) is 0 Å². The highest BCUT2D eigenvalue weighted by molar-refractivity contribution is 4.64. The number of hydrogen-bond donors (Lipinski definition) is 1. The van der Waals surface area contributed by atoms with Crippen LogP contribution in [0.25, 0.3) is 0 Å². The van der Waals surface area contributed by atoms with E-state index in [-0.39, 0.29) is 6.10 Å². The molecule has 0 radical (unpaired) electrons. The Bertz CT molecular complexity index is 110. The van der Waals surface area contributed by atoms with E-state index in [1.54, 1.807) is 0 Å². The van der Waals surface area contributed by atoms with Crippen molar-refractivity contribution in [2.45, 2.75) is 65.9 Å². The number of hydrogen-bond acceptors (Lipinski definition) is 1. The summed E-state index contributed by atoms with van der Waals surface area (Å²) in [7, 11) is 0. The van der Waals surface area contributed by atoms with Crippen LogP contribution in [0.3, 0.4) is 0 Å². The predicted octanol–water partition coefficient (Wildman–Crippen LogP) is 3.61. The van der Waals surface area contributed by atoms with E-state index in [9.17, 15) is 5.11 Å². The molecule has 0 aromatic heterocycles. The van der Waals surface area contributed by atoms with Crippen molar-refractivity contribution < 1.29 is 5.11 Å². The highest BCUT2D eigenvalue weighted by atomic mass is 16.3. The molecule has 0 saturated carbocycles. The van der Waals surface area contributed by atoms with Crippen molar-refractivity contribution in [3.05, 3.63) is 0 Å². The largest absolute Gasteiger partial charge is 0.393 e. The first kappa shape index (κ1) is 13.0. The molecule has 0 saturated heterocycles. The monoisotopic (exact) mass is 186 g/mol. The molecule has 0 spiro atoms. The minimum atomic E-state index is -0.0721. The van der Waals surface area contributed by atoms with Crippen LogP contribution in [0.2, 0.25) is 0 Å². The van der Waals surface area contributed by atoms with Crippen LogP contribution in [0, 0.1) is 11.8 Å². The van der Waals surface area contributed by atoms with Crippen LogP contribution in [-0.4, -0.2) is 11.2 Å². The van der Waals surface area contributed by atoms with Crippen LogP contribution in [0.4, 0.5) is 0 Å². The molecule has 0 rings (SSSR count). The van der Waals surface area contributed by atoms with Gasteiger partial charge in [0.1, 0.15) is 0 Å². The van der Waals surface area contributed by atoms with Gasteiger partial charge in [-0.2, -0.15) is 0 Å². The van der Waals surface area contributed by atoms with E-state index in [0.29, 0.717) is 5.92 Å². The fourth-order valence-corrected chi connectivity index (χ4v) is 1.62. The molecule has 0 fully saturated rings. The topological polar surface area (TPSA) is 20.2 Å². The smallest absolute Gasteiger partial charge is 0.0565 e. The quantitative estimate of drug-likeness (QED) is 0.644. The zero-order chi connectivity index (χ0) is 10.3. The summed E-state index contributed by atoms with van der Waals surface area (Å²) in [6, 6.07) is 0. The van der Waals surface area contributed by atoms with Gasteiger partial charge in [0.2, 0.25) is 0 Å². The average molecular weight is 186 g/mol. The van der Waals surface area contributed by atoms with Gasteiger partial charge in [0.05, 0.1) is 6.10 Å². The standard InChI is InChI=1S/C12H26O/c1-5-7-12(13)11(4)9-6-8-10(2)3/h10-13H,5-9H2,1-4H3/t11-,12+/m0/s1. The molecule has 0 aliphatic heterocycles. The highest BCUT2D eigenvalue weighted by Crippen LogP contribution is 2.17. The summed E-state index contributed by atoms with van der Waals surface area (Å²) in [5.74, 6) is 1.29. The van der Waals surface area contributed by atoms with E-state index in [1.165, 1.54) is 19.3 Å². The molecule has 0 unspecified atom stereocenters. The van der Waals surface area contributed by atoms with Crippen molar-refractivity contribution in [2.75, 3.05) is 0 Å². The Balaban J connectivity index is 3.43. The van der Waals surface area contributed by atoms with Crippen LogP contribution < -0.4 is 0 Å². The normalized spacial score (nSPS) is 16.2. The molecule has 0 bridgehead atoms. The molecule has 0 heterocycles. The first-order valence-corrected chi connectivity index (χ1v) is 5.76. The molecule has 0 aliphatic carbocycles. The Kier molecular flexibility index (Phi) is 7.35. The van der Waals surface area contributed by atoms with Gasteiger partial charge in [-0.25, -0.2) is 0 Å². The third-order valence-corrected chi connectivity index (χ3v) is 2.68. The lowest BCUT2D eigenvalue weighted by Crippen LogP contribution is -2.17. The number of rotatable bonds is 7. The van der Waals surface area contributed by atoms with Crippen molar-refractivity contribution in [3.63, 3.8) is 0 Å². The summed E-state index contributed by atoms with van der Waals surface area (Å²) in [6.07, 6.45) is 5.72. The van der Waals surface area contributed by atoms with Gasteiger partial charge in [-0.05, 0) is 24.7 Å². The minimum absolute atomic E-state index is 0.0721. The van der Waals surface area contributed by atoms with Gasteiger partial charge < -0.3 is 5.11 Å². The van der Waals surface area contributed by atoms with E-state index in [0.717, 1.165) is 18.8 Å². The van der Waals surface area contributed by atoms with Crippen molar-refractivity contribution in [2.24, 2.45) is 11.8 Å². The Morgan fingerprint density at radius 3 is 2.08 bits per heavy atom. The van der Waals surface area contributed by atoms with E-state index in [2.05, 4.69) is 27.7 Å². The maximum atomic E-state index is 9.68. The highest BCUT2D eigenvalue weighted by Gasteiger charge is 2.12. The lowest BCUT2D eigenvalue weighted by molar-refractivity contribution is 0.100. The third kappa shape index (κ3) is 7.06. The number of aliphatic hydroxyl groups excluding tert-OH is 1. The van der Waals surface area contributed by atoms with E-state index < -0.39 is 0 Å². The van der Waals surface area contributed by atoms with Gasteiger partial charge in [0.25, 0.3) is 0 Å². The first-order valence-electron chi connectivity index (χ1n) is 5.76. The van der Waals surface area contributed by atoms with Gasteiger partial charge in [-0.1, -0.05) is 47.0 Å². The summed E-state index contributed by atoms with van der Waals surface area (Å²) in [4.78, 5) is 0. The van der Waals surface area contributed by atoms with Crippen LogP contribution in [0.1, 0.15) is 59.8 Å². The molecule has 1 nitrogen and oxygen atoms in total. The first-order chi connectivity index (χ1) is 6.07. The molecule has 1 heteroatoms. The Morgan fingerprint density at radius 1 is 1.00 bits per heavy atom. The molecule has 0 aromatic rings. The molecule has 80 valence electrons. The van der Waals surface area contributed by atoms with Crippen LogP contribution in [0.15, 0.2) is 0 Å². The van der Waals surface area contributed by atoms with E-state index >= 15 is 0 Å². The molecular formula is C12H26O. The van der Waals surface area contributed by atoms with E-state index in [4.69, 9.17) is 0 Å². The van der Waals surface area contributed by atoms with Crippen molar-refractivity contribution in [3.8, 4) is 0 Å². The number of aliphatic hydroxyl groups is 1. The fourth-order valence-electron chi connectivity index (χ4n) is 1.62. The molecule has 13 heavy (non-hydrogen) atoms. The van der Waals surface area contributed by atoms with E-state index in [1.807, 2.05) is 0 Å². The molecule has 2 atom stereocenters. The summed E-state index contributed by atoms with van der Waals surface area (Å²) >= 11 is 0. The van der Waals surface area contributed by atoms with Crippen LogP contribution in [-0.2, 0) is 0 Å². The maximum Gasteiger partial charge on any atom is 0.0565 e. The molecule has 0 aromatic carbocycles. The Labute approximate surface area is 83.5 Å². The summed E-state index contributed by atoms with van der Waals surface area (Å²) in [5.41, 5.74) is 0. The van der Waals surface area contributed by atoms with Gasteiger partial charge in [-0.3, -0.25) is 0 Å². The SMILES string of the molecule is CCC[C@@H](O)[C@@H](C)CCCC(C)C. The van der Waals surface area contributed by atoms with Gasteiger partial charge in [0.15, 0.2) is 0 Å². The lowest BCUT2D eigenvalue weighted by atomic mass is 9.93. The summed E-state index contributed by atoms with van der Waals surface area (Å²) in [6.45, 7) is 8.81. The molecule has 0 amide bonds. The average Bonchev–Trinajstić information content (AvgIpc) is 2.04. The second kappa shape index (κ2) is 7.37. The lowest BCUT2D eigenvalue weighted by Gasteiger charge is -2.18. The second-order valence-electron chi connectivity index (χ2n) is 4.66.